The van der Waals surface area contributed by atoms with Crippen LogP contribution in [-0.4, -0.2) is 6.16 Å². The number of rotatable bonds is 0. The molecule has 0 aliphatic rings. The van der Waals surface area contributed by atoms with Gasteiger partial charge in [-0.25, -0.2) is 0 Å². The lowest BCUT2D eigenvalue weighted by atomic mass is 11.3. The van der Waals surface area contributed by atoms with Crippen molar-refractivity contribution in [3.8, 4) is 0 Å². The number of hydrogen-bond acceptors (Lipinski definition) is 3. The maximum Gasteiger partial charge on any atom is -0.0261 e. The lowest BCUT2D eigenvalue weighted by Crippen LogP contribution is -2.37. The van der Waals surface area contributed by atoms with E-state index in [4.69, 9.17) is 15.0 Å². The third-order valence-corrected chi connectivity index (χ3v) is 0. The summed E-state index contributed by atoms with van der Waals surface area (Å²) < 4.78 is 0. The fourth-order valence-electron chi connectivity index (χ4n) is 0. The lowest BCUT2D eigenvalue weighted by molar-refractivity contribution is -0.415. The Labute approximate surface area is 49.4 Å². The molecule has 0 aromatic carbocycles. The topological polar surface area (TPSA) is 63.2 Å². The van der Waals surface area contributed by atoms with Gasteiger partial charge in [-0.15, -0.1) is 0 Å². The molecule has 0 rings (SSSR count). The molecule has 0 saturated carbocycles. The van der Waals surface area contributed by atoms with Gasteiger partial charge in [0.2, 0.25) is 0 Å². The molecule has 0 N–H and O–H groups in total. The molecule has 42 valence electrons. The van der Waals surface area contributed by atoms with Crippen LogP contribution in [0.15, 0.2) is 11.6 Å². The molecule has 4 heteroatoms. The van der Waals surface area contributed by atoms with Crippen LogP contribution in [0.1, 0.15) is 0 Å². The summed E-state index contributed by atoms with van der Waals surface area (Å²) >= 11 is 2.91. The molecular formula is C3H3BrO3-2. The molecule has 0 aromatic heterocycles. The molecule has 0 spiro atoms. The van der Waals surface area contributed by atoms with Crippen molar-refractivity contribution in [2.45, 2.75) is 0 Å². The highest BCUT2D eigenvalue weighted by atomic mass is 79.9. The van der Waals surface area contributed by atoms with Crippen molar-refractivity contribution in [2.75, 3.05) is 0 Å². The average molecular weight is 167 g/mol. The van der Waals surface area contributed by atoms with Crippen LogP contribution in [0.3, 0.4) is 0 Å². The van der Waals surface area contributed by atoms with E-state index in [1.54, 1.807) is 4.99 Å². The molecule has 0 amide bonds. The zero-order valence-electron chi connectivity index (χ0n) is 3.39. The van der Waals surface area contributed by atoms with Crippen molar-refractivity contribution in [2.24, 2.45) is 0 Å². The Morgan fingerprint density at radius 3 is 1.71 bits per heavy atom. The Morgan fingerprint density at radius 2 is 1.71 bits per heavy atom. The Bertz CT molecular complexity index is 57.2. The molecule has 0 heterocycles. The van der Waals surface area contributed by atoms with Crippen LogP contribution >= 0.6 is 15.9 Å². The number of carboxylic acid groups (broad SMARTS) is 2. The van der Waals surface area contributed by atoms with E-state index >= 15 is 0 Å². The molecular weight excluding hydrogens is 164 g/mol. The molecule has 0 radical (unpaired) electrons. The van der Waals surface area contributed by atoms with Crippen molar-refractivity contribution in [3.63, 3.8) is 0 Å². The van der Waals surface area contributed by atoms with Crippen LogP contribution in [0.25, 0.3) is 0 Å². The standard InChI is InChI=1S/C2H3Br.CH2O3/c1-2-3;2-1(3)4/h2H,1H2;(H2,2,3,4)/p-2. The summed E-state index contributed by atoms with van der Waals surface area (Å²) in [5.74, 6) is 0. The fourth-order valence-corrected chi connectivity index (χ4v) is 0. The van der Waals surface area contributed by atoms with Gasteiger partial charge in [0.05, 0.1) is 0 Å². The van der Waals surface area contributed by atoms with Crippen LogP contribution in [0.4, 0.5) is 4.79 Å². The summed E-state index contributed by atoms with van der Waals surface area (Å²) in [7, 11) is 0. The minimum atomic E-state index is -2.33. The Balaban J connectivity index is 0. The third-order valence-electron chi connectivity index (χ3n) is 0. The summed E-state index contributed by atoms with van der Waals surface area (Å²) in [6, 6.07) is 0. The second-order valence-corrected chi connectivity index (χ2v) is 1.05. The summed E-state index contributed by atoms with van der Waals surface area (Å²) in [5.41, 5.74) is 0. The summed E-state index contributed by atoms with van der Waals surface area (Å²) in [6.45, 7) is 3.28. The first-order valence-corrected chi connectivity index (χ1v) is 2.15. The van der Waals surface area contributed by atoms with Gasteiger partial charge < -0.3 is 15.0 Å². The average Bonchev–Trinajstić information content (AvgIpc) is 1.33. The monoisotopic (exact) mass is 166 g/mol. The van der Waals surface area contributed by atoms with E-state index in [1.807, 2.05) is 0 Å². The van der Waals surface area contributed by atoms with Gasteiger partial charge in [0, 0.05) is 0 Å². The normalized spacial score (nSPS) is 5.29. The van der Waals surface area contributed by atoms with Gasteiger partial charge in [-0.05, 0) is 11.1 Å². The van der Waals surface area contributed by atoms with Crippen LogP contribution in [0.2, 0.25) is 0 Å². The number of carbonyl (C=O) groups is 1. The van der Waals surface area contributed by atoms with Crippen molar-refractivity contribution in [3.05, 3.63) is 11.6 Å². The van der Waals surface area contributed by atoms with E-state index in [1.165, 1.54) is 0 Å². The van der Waals surface area contributed by atoms with Gasteiger partial charge >= 0.3 is 0 Å². The van der Waals surface area contributed by atoms with Crippen LogP contribution < -0.4 is 10.2 Å². The van der Waals surface area contributed by atoms with Gasteiger partial charge in [-0.3, -0.25) is 0 Å². The minimum absolute atomic E-state index is 1.56. The van der Waals surface area contributed by atoms with E-state index in [0.29, 0.717) is 0 Å². The molecule has 0 saturated heterocycles. The first-order chi connectivity index (χ1) is 3.15. The second-order valence-electron chi connectivity index (χ2n) is 0.404. The molecule has 3 nitrogen and oxygen atoms in total. The maximum absolute atomic E-state index is 8.33. The Kier molecular flexibility index (Phi) is 12.6. The first kappa shape index (κ1) is 9.70. The van der Waals surface area contributed by atoms with Crippen LogP contribution in [-0.2, 0) is 0 Å². The van der Waals surface area contributed by atoms with E-state index in [2.05, 4.69) is 22.5 Å². The molecule has 0 bridgehead atoms. The number of carbonyl (C=O) groups excluding carboxylic acids is 1. The van der Waals surface area contributed by atoms with Crippen molar-refractivity contribution >= 4 is 22.1 Å². The lowest BCUT2D eigenvalue weighted by Gasteiger charge is -1.96. The molecule has 0 aromatic rings. The molecule has 0 aliphatic heterocycles. The SMILES string of the molecule is C=CBr.O=C([O-])[O-]. The molecule has 0 aliphatic carbocycles. The Hall–Kier alpha value is -0.510. The van der Waals surface area contributed by atoms with Crippen molar-refractivity contribution < 1.29 is 15.0 Å². The maximum atomic E-state index is 8.33. The molecule has 0 fully saturated rings. The van der Waals surface area contributed by atoms with E-state index < -0.39 is 6.16 Å². The third kappa shape index (κ3) is 257. The van der Waals surface area contributed by atoms with Crippen molar-refractivity contribution in [1.82, 2.24) is 0 Å². The van der Waals surface area contributed by atoms with Gasteiger partial charge in [-0.1, -0.05) is 22.5 Å². The van der Waals surface area contributed by atoms with Gasteiger partial charge in [0.25, 0.3) is 0 Å². The van der Waals surface area contributed by atoms with E-state index in [9.17, 15) is 0 Å². The summed E-state index contributed by atoms with van der Waals surface area (Å²) in [5, 5.41) is 16.7. The largest absolute Gasteiger partial charge is 0.652 e. The molecule has 0 atom stereocenters. The van der Waals surface area contributed by atoms with Gasteiger partial charge in [0.15, 0.2) is 0 Å². The zero-order valence-corrected chi connectivity index (χ0v) is 4.97. The summed E-state index contributed by atoms with van der Waals surface area (Å²) in [4.78, 5) is 9.90. The van der Waals surface area contributed by atoms with Crippen LogP contribution in [0.5, 0.6) is 0 Å². The minimum Gasteiger partial charge on any atom is -0.652 e. The van der Waals surface area contributed by atoms with Crippen molar-refractivity contribution in [1.29, 1.82) is 0 Å². The van der Waals surface area contributed by atoms with E-state index in [0.717, 1.165) is 0 Å². The summed E-state index contributed by atoms with van der Waals surface area (Å²) in [6.07, 6.45) is -2.33. The Morgan fingerprint density at radius 1 is 1.71 bits per heavy atom. The highest BCUT2D eigenvalue weighted by molar-refractivity contribution is 9.11. The fraction of sp³-hybridized carbons (Fsp3) is 0. The molecule has 0 unspecified atom stereocenters. The van der Waals surface area contributed by atoms with Gasteiger partial charge in [-0.2, -0.15) is 0 Å². The van der Waals surface area contributed by atoms with E-state index in [-0.39, 0.29) is 0 Å². The van der Waals surface area contributed by atoms with Gasteiger partial charge in [0.1, 0.15) is 0 Å². The van der Waals surface area contributed by atoms with Crippen LogP contribution in [0, 0.1) is 0 Å². The first-order valence-electron chi connectivity index (χ1n) is 1.24. The predicted molar refractivity (Wildman–Crippen MR) is 24.5 cm³/mol. The number of halogens is 1. The smallest absolute Gasteiger partial charge is 0.0261 e. The predicted octanol–water partition coefficient (Wildman–Crippen LogP) is -0.922. The highest BCUT2D eigenvalue weighted by Crippen LogP contribution is 1.68. The second kappa shape index (κ2) is 9.09. The highest BCUT2D eigenvalue weighted by Gasteiger charge is 1.26. The zero-order chi connectivity index (χ0) is 6.28. The number of hydrogen-bond donors (Lipinski definition) is 0. The quantitative estimate of drug-likeness (QED) is 0.468. The molecule has 7 heavy (non-hydrogen) atoms.